The highest BCUT2D eigenvalue weighted by Gasteiger charge is 2.28. The van der Waals surface area contributed by atoms with Crippen LogP contribution in [-0.4, -0.2) is 48.3 Å². The van der Waals surface area contributed by atoms with Gasteiger partial charge in [-0.05, 0) is 74.2 Å². The van der Waals surface area contributed by atoms with Crippen molar-refractivity contribution in [3.63, 3.8) is 0 Å². The Kier molecular flexibility index (Phi) is 6.13. The molecule has 2 aromatic carbocycles. The highest BCUT2D eigenvalue weighted by Crippen LogP contribution is 2.33. The molecule has 2 aliphatic rings. The molecule has 2 aromatic rings. The number of aryl methyl sites for hydroxylation is 2. The number of carbonyl (C=O) groups excluding carboxylic acids is 1. The summed E-state index contributed by atoms with van der Waals surface area (Å²) in [6.45, 7) is 10.2. The molecule has 0 bridgehead atoms. The minimum atomic E-state index is -0.0501. The molecule has 2 heterocycles. The van der Waals surface area contributed by atoms with Crippen molar-refractivity contribution in [2.24, 2.45) is 0 Å². The topological polar surface area (TPSA) is 54.0 Å². The molecule has 4 rings (SSSR count). The Morgan fingerprint density at radius 1 is 1.07 bits per heavy atom. The van der Waals surface area contributed by atoms with E-state index in [9.17, 15) is 4.79 Å². The zero-order valence-corrected chi connectivity index (χ0v) is 18.1. The number of rotatable bonds is 5. The lowest BCUT2D eigenvalue weighted by atomic mass is 10.0. The van der Waals surface area contributed by atoms with Crippen LogP contribution in [0.2, 0.25) is 0 Å². The Bertz CT molecular complexity index is 907. The van der Waals surface area contributed by atoms with Crippen LogP contribution in [-0.2, 0) is 6.54 Å². The molecule has 0 aliphatic carbocycles. The fourth-order valence-corrected chi connectivity index (χ4v) is 4.16. The van der Waals surface area contributed by atoms with E-state index in [0.717, 1.165) is 55.2 Å². The monoisotopic (exact) mass is 409 g/mol. The van der Waals surface area contributed by atoms with Crippen LogP contribution in [0.15, 0.2) is 36.4 Å². The molecule has 0 aromatic heterocycles. The van der Waals surface area contributed by atoms with E-state index >= 15 is 0 Å². The number of carbonyl (C=O) groups is 1. The van der Waals surface area contributed by atoms with Crippen LogP contribution in [0.1, 0.15) is 36.5 Å². The van der Waals surface area contributed by atoms with E-state index in [1.807, 2.05) is 41.3 Å². The van der Waals surface area contributed by atoms with E-state index in [-0.39, 0.29) is 18.9 Å². The van der Waals surface area contributed by atoms with Gasteiger partial charge in [0.2, 0.25) is 6.79 Å². The number of fused-ring (bicyclic) bond motifs is 1. The SMILES string of the molecule is CCN1CCC(N(Cc2ccc3c(c2)OCO3)C(=O)Nc2ccc(C)c(C)c2)CC1. The summed E-state index contributed by atoms with van der Waals surface area (Å²) in [5, 5.41) is 3.12. The predicted octanol–water partition coefficient (Wildman–Crippen LogP) is 4.55. The second kappa shape index (κ2) is 8.96. The molecule has 0 unspecified atom stereocenters. The van der Waals surface area contributed by atoms with Crippen molar-refractivity contribution in [3.8, 4) is 11.5 Å². The van der Waals surface area contributed by atoms with Crippen molar-refractivity contribution >= 4 is 11.7 Å². The quantitative estimate of drug-likeness (QED) is 0.787. The second-order valence-electron chi connectivity index (χ2n) is 8.21. The summed E-state index contributed by atoms with van der Waals surface area (Å²) in [5.74, 6) is 1.52. The molecule has 0 atom stereocenters. The van der Waals surface area contributed by atoms with Gasteiger partial charge in [0.05, 0.1) is 0 Å². The molecule has 1 saturated heterocycles. The van der Waals surface area contributed by atoms with Crippen LogP contribution in [0, 0.1) is 13.8 Å². The summed E-state index contributed by atoms with van der Waals surface area (Å²) in [6, 6.07) is 12.1. The largest absolute Gasteiger partial charge is 0.454 e. The van der Waals surface area contributed by atoms with Crippen LogP contribution in [0.4, 0.5) is 10.5 Å². The smallest absolute Gasteiger partial charge is 0.322 e. The number of nitrogens with one attached hydrogen (secondary N) is 1. The third-order valence-corrected chi connectivity index (χ3v) is 6.25. The van der Waals surface area contributed by atoms with Crippen LogP contribution in [0.3, 0.4) is 0 Å². The maximum atomic E-state index is 13.3. The fourth-order valence-electron chi connectivity index (χ4n) is 4.16. The standard InChI is InChI=1S/C24H31N3O3/c1-4-26-11-9-21(10-12-26)27(15-19-6-8-22-23(14-19)30-16-29-22)24(28)25-20-7-5-17(2)18(3)13-20/h5-8,13-14,21H,4,9-12,15-16H2,1-3H3,(H,25,28). The minimum Gasteiger partial charge on any atom is -0.454 e. The Balaban J connectivity index is 1.53. The van der Waals surface area contributed by atoms with Crippen molar-refractivity contribution in [2.75, 3.05) is 31.7 Å². The van der Waals surface area contributed by atoms with E-state index in [4.69, 9.17) is 9.47 Å². The molecule has 1 N–H and O–H groups in total. The van der Waals surface area contributed by atoms with Crippen molar-refractivity contribution < 1.29 is 14.3 Å². The number of ether oxygens (including phenoxy) is 2. The van der Waals surface area contributed by atoms with Gasteiger partial charge in [0.25, 0.3) is 0 Å². The van der Waals surface area contributed by atoms with Gasteiger partial charge in [-0.25, -0.2) is 4.79 Å². The van der Waals surface area contributed by atoms with Gasteiger partial charge in [-0.2, -0.15) is 0 Å². The first-order valence-corrected chi connectivity index (χ1v) is 10.8. The van der Waals surface area contributed by atoms with Crippen LogP contribution in [0.25, 0.3) is 0 Å². The van der Waals surface area contributed by atoms with E-state index in [1.54, 1.807) is 0 Å². The summed E-state index contributed by atoms with van der Waals surface area (Å²) < 4.78 is 11.0. The Hall–Kier alpha value is -2.73. The van der Waals surface area contributed by atoms with Gasteiger partial charge in [-0.15, -0.1) is 0 Å². The summed E-state index contributed by atoms with van der Waals surface area (Å²) in [6.07, 6.45) is 1.97. The van der Waals surface area contributed by atoms with Crippen molar-refractivity contribution in [2.45, 2.75) is 46.2 Å². The first-order chi connectivity index (χ1) is 14.5. The van der Waals surface area contributed by atoms with E-state index < -0.39 is 0 Å². The van der Waals surface area contributed by atoms with E-state index in [0.29, 0.717) is 6.54 Å². The maximum Gasteiger partial charge on any atom is 0.322 e. The molecule has 6 nitrogen and oxygen atoms in total. The van der Waals surface area contributed by atoms with Gasteiger partial charge < -0.3 is 24.6 Å². The van der Waals surface area contributed by atoms with Gasteiger partial charge in [-0.3, -0.25) is 0 Å². The molecule has 2 aliphatic heterocycles. The highest BCUT2D eigenvalue weighted by molar-refractivity contribution is 5.89. The van der Waals surface area contributed by atoms with E-state index in [2.05, 4.69) is 31.0 Å². The summed E-state index contributed by atoms with van der Waals surface area (Å²) in [5.41, 5.74) is 4.28. The molecule has 1 fully saturated rings. The molecule has 0 saturated carbocycles. The Morgan fingerprint density at radius 3 is 2.57 bits per heavy atom. The molecule has 2 amide bonds. The lowest BCUT2D eigenvalue weighted by molar-refractivity contribution is 0.126. The number of piperidine rings is 1. The third kappa shape index (κ3) is 4.54. The lowest BCUT2D eigenvalue weighted by Gasteiger charge is -2.38. The molecule has 6 heteroatoms. The van der Waals surface area contributed by atoms with Crippen molar-refractivity contribution in [3.05, 3.63) is 53.1 Å². The van der Waals surface area contributed by atoms with Crippen molar-refractivity contribution in [1.82, 2.24) is 9.80 Å². The number of nitrogens with zero attached hydrogens (tertiary/aromatic N) is 2. The van der Waals surface area contributed by atoms with Gasteiger partial charge in [0, 0.05) is 31.4 Å². The highest BCUT2D eigenvalue weighted by atomic mass is 16.7. The Labute approximate surface area is 178 Å². The number of urea groups is 1. The van der Waals surface area contributed by atoms with Gasteiger partial charge in [0.15, 0.2) is 11.5 Å². The zero-order valence-electron chi connectivity index (χ0n) is 18.1. The molecule has 160 valence electrons. The van der Waals surface area contributed by atoms with Crippen LogP contribution < -0.4 is 14.8 Å². The predicted molar refractivity (Wildman–Crippen MR) is 118 cm³/mol. The van der Waals surface area contributed by atoms with Gasteiger partial charge >= 0.3 is 6.03 Å². The summed E-state index contributed by atoms with van der Waals surface area (Å²) >= 11 is 0. The number of hydrogen-bond acceptors (Lipinski definition) is 4. The average molecular weight is 410 g/mol. The summed E-state index contributed by atoms with van der Waals surface area (Å²) in [7, 11) is 0. The van der Waals surface area contributed by atoms with Gasteiger partial charge in [-0.1, -0.05) is 19.1 Å². The summed E-state index contributed by atoms with van der Waals surface area (Å²) in [4.78, 5) is 17.8. The molecular formula is C24H31N3O3. The van der Waals surface area contributed by atoms with Crippen LogP contribution in [0.5, 0.6) is 11.5 Å². The number of likely N-dealkylation sites (tertiary alicyclic amines) is 1. The fraction of sp³-hybridized carbons (Fsp3) is 0.458. The molecule has 0 spiro atoms. The average Bonchev–Trinajstić information content (AvgIpc) is 3.22. The number of benzene rings is 2. The van der Waals surface area contributed by atoms with Crippen LogP contribution >= 0.6 is 0 Å². The minimum absolute atomic E-state index is 0.0501. The normalized spacial score (nSPS) is 16.5. The maximum absolute atomic E-state index is 13.3. The Morgan fingerprint density at radius 2 is 1.83 bits per heavy atom. The lowest BCUT2D eigenvalue weighted by Crippen LogP contribution is -2.48. The molecule has 0 radical (unpaired) electrons. The zero-order chi connectivity index (χ0) is 21.1. The third-order valence-electron chi connectivity index (χ3n) is 6.25. The second-order valence-corrected chi connectivity index (χ2v) is 8.21. The van der Waals surface area contributed by atoms with E-state index in [1.165, 1.54) is 11.1 Å². The molecular weight excluding hydrogens is 378 g/mol. The molecule has 30 heavy (non-hydrogen) atoms. The van der Waals surface area contributed by atoms with Gasteiger partial charge in [0.1, 0.15) is 0 Å². The number of amides is 2. The number of hydrogen-bond donors (Lipinski definition) is 1. The number of anilines is 1. The first-order valence-electron chi connectivity index (χ1n) is 10.8. The van der Waals surface area contributed by atoms with Crippen molar-refractivity contribution in [1.29, 1.82) is 0 Å². The first kappa shape index (κ1) is 20.5.